The average molecular weight is 229 g/mol. The van der Waals surface area contributed by atoms with E-state index in [0.29, 0.717) is 0 Å². The number of allylic oxidation sites excluding steroid dienone is 4. The van der Waals surface area contributed by atoms with Gasteiger partial charge in [-0.25, -0.2) is 0 Å². The highest BCUT2D eigenvalue weighted by molar-refractivity contribution is 6.17. The summed E-state index contributed by atoms with van der Waals surface area (Å²) in [5.74, 6) is 0.815. The molecule has 0 fully saturated rings. The lowest BCUT2D eigenvalue weighted by molar-refractivity contribution is 0.677. The van der Waals surface area contributed by atoms with Gasteiger partial charge in [0.05, 0.1) is 0 Å². The fourth-order valence-electron chi connectivity index (χ4n) is 1.38. The lowest BCUT2D eigenvalue weighted by Crippen LogP contribution is -1.77. The van der Waals surface area contributed by atoms with Crippen molar-refractivity contribution in [3.63, 3.8) is 0 Å². The third kappa shape index (κ3) is 13.8. The van der Waals surface area contributed by atoms with Crippen LogP contribution in [0.3, 0.4) is 0 Å². The normalized spacial score (nSPS) is 11.9. The summed E-state index contributed by atoms with van der Waals surface area (Å²) in [5, 5.41) is 0. The monoisotopic (exact) mass is 228 g/mol. The van der Waals surface area contributed by atoms with Gasteiger partial charge in [0.2, 0.25) is 0 Å². The summed E-state index contributed by atoms with van der Waals surface area (Å²) in [4.78, 5) is 0. The standard InChI is InChI=1S/C14H25Cl/c1-2-3-4-5-6-7-8-9-10-11-12-13-14-15/h5-8H,2-4,9-14H2,1H3/b6-5+,8-7-. The van der Waals surface area contributed by atoms with Gasteiger partial charge >= 0.3 is 0 Å². The van der Waals surface area contributed by atoms with Gasteiger partial charge in [0, 0.05) is 5.88 Å². The molecule has 0 rings (SSSR count). The summed E-state index contributed by atoms with van der Waals surface area (Å²) >= 11 is 5.60. The van der Waals surface area contributed by atoms with Gasteiger partial charge in [0.25, 0.3) is 0 Å². The molecule has 0 aromatic rings. The number of halogens is 1. The second-order valence-corrected chi connectivity index (χ2v) is 4.27. The average Bonchev–Trinajstić information content (AvgIpc) is 2.26. The molecular formula is C14H25Cl. The molecule has 0 saturated heterocycles. The molecule has 0 aliphatic carbocycles. The van der Waals surface area contributed by atoms with Crippen LogP contribution < -0.4 is 0 Å². The van der Waals surface area contributed by atoms with Crippen LogP contribution in [-0.2, 0) is 0 Å². The minimum absolute atomic E-state index is 0.815. The zero-order chi connectivity index (χ0) is 11.2. The predicted molar refractivity (Wildman–Crippen MR) is 71.6 cm³/mol. The number of hydrogen-bond acceptors (Lipinski definition) is 0. The highest BCUT2D eigenvalue weighted by Gasteiger charge is 1.86. The highest BCUT2D eigenvalue weighted by atomic mass is 35.5. The molecule has 88 valence electrons. The Bertz CT molecular complexity index is 159. The molecule has 0 N–H and O–H groups in total. The van der Waals surface area contributed by atoms with Crippen molar-refractivity contribution in [2.75, 3.05) is 5.88 Å². The minimum Gasteiger partial charge on any atom is -0.127 e. The molecule has 0 bridgehead atoms. The van der Waals surface area contributed by atoms with Crippen LogP contribution in [-0.4, -0.2) is 5.88 Å². The van der Waals surface area contributed by atoms with Crippen LogP contribution in [0.15, 0.2) is 24.3 Å². The first-order valence-corrected chi connectivity index (χ1v) is 6.83. The van der Waals surface area contributed by atoms with Gasteiger partial charge in [0.1, 0.15) is 0 Å². The van der Waals surface area contributed by atoms with Gasteiger partial charge < -0.3 is 0 Å². The van der Waals surface area contributed by atoms with E-state index in [0.717, 1.165) is 5.88 Å². The quantitative estimate of drug-likeness (QED) is 0.264. The lowest BCUT2D eigenvalue weighted by atomic mass is 10.1. The maximum absolute atomic E-state index is 5.60. The van der Waals surface area contributed by atoms with Crippen LogP contribution >= 0.6 is 11.6 Å². The molecule has 0 aliphatic heterocycles. The maximum atomic E-state index is 5.60. The van der Waals surface area contributed by atoms with Crippen LogP contribution in [0, 0.1) is 0 Å². The first-order valence-electron chi connectivity index (χ1n) is 6.29. The highest BCUT2D eigenvalue weighted by Crippen LogP contribution is 2.04. The zero-order valence-electron chi connectivity index (χ0n) is 10.1. The van der Waals surface area contributed by atoms with Crippen molar-refractivity contribution in [1.82, 2.24) is 0 Å². The fourth-order valence-corrected chi connectivity index (χ4v) is 1.57. The van der Waals surface area contributed by atoms with Crippen molar-refractivity contribution < 1.29 is 0 Å². The topological polar surface area (TPSA) is 0 Å². The molecule has 0 radical (unpaired) electrons. The Balaban J connectivity index is 3.13. The summed E-state index contributed by atoms with van der Waals surface area (Å²) in [6.07, 6.45) is 19.0. The number of unbranched alkanes of at least 4 members (excludes halogenated alkanes) is 6. The molecular weight excluding hydrogens is 204 g/mol. The first-order chi connectivity index (χ1) is 7.41. The van der Waals surface area contributed by atoms with Crippen LogP contribution in [0.4, 0.5) is 0 Å². The minimum atomic E-state index is 0.815. The SMILES string of the molecule is CCCC/C=C/C=C\CCCCCCCl. The van der Waals surface area contributed by atoms with Gasteiger partial charge in [0.15, 0.2) is 0 Å². The number of hydrogen-bond donors (Lipinski definition) is 0. The van der Waals surface area contributed by atoms with E-state index < -0.39 is 0 Å². The van der Waals surface area contributed by atoms with Crippen LogP contribution in [0.2, 0.25) is 0 Å². The molecule has 0 aromatic carbocycles. The molecule has 1 heteroatoms. The second kappa shape index (κ2) is 13.8. The van der Waals surface area contributed by atoms with Crippen LogP contribution in [0.1, 0.15) is 58.3 Å². The van der Waals surface area contributed by atoms with Crippen LogP contribution in [0.5, 0.6) is 0 Å². The molecule has 0 aliphatic rings. The third-order valence-electron chi connectivity index (χ3n) is 2.36. The number of alkyl halides is 1. The molecule has 0 amide bonds. The van der Waals surface area contributed by atoms with Crippen molar-refractivity contribution in [3.8, 4) is 0 Å². The van der Waals surface area contributed by atoms with Crippen molar-refractivity contribution in [3.05, 3.63) is 24.3 Å². The summed E-state index contributed by atoms with van der Waals surface area (Å²) in [7, 11) is 0. The number of rotatable bonds is 10. The molecule has 0 atom stereocenters. The Morgan fingerprint density at radius 1 is 0.800 bits per heavy atom. The summed E-state index contributed by atoms with van der Waals surface area (Å²) in [6.45, 7) is 2.23. The van der Waals surface area contributed by atoms with Crippen molar-refractivity contribution in [1.29, 1.82) is 0 Å². The Morgan fingerprint density at radius 2 is 1.40 bits per heavy atom. The van der Waals surface area contributed by atoms with Crippen LogP contribution in [0.25, 0.3) is 0 Å². The molecule has 0 unspecified atom stereocenters. The Morgan fingerprint density at radius 3 is 2.00 bits per heavy atom. The van der Waals surface area contributed by atoms with E-state index in [1.165, 1.54) is 51.4 Å². The van der Waals surface area contributed by atoms with Crippen molar-refractivity contribution >= 4 is 11.6 Å². The van der Waals surface area contributed by atoms with Gasteiger partial charge in [-0.3, -0.25) is 0 Å². The van der Waals surface area contributed by atoms with E-state index in [1.54, 1.807) is 0 Å². The smallest absolute Gasteiger partial charge is 0.0223 e. The summed E-state index contributed by atoms with van der Waals surface area (Å²) < 4.78 is 0. The Hall–Kier alpha value is -0.230. The lowest BCUT2D eigenvalue weighted by Gasteiger charge is -1.94. The molecule has 0 nitrogen and oxygen atoms in total. The fraction of sp³-hybridized carbons (Fsp3) is 0.714. The van der Waals surface area contributed by atoms with E-state index in [2.05, 4.69) is 31.2 Å². The van der Waals surface area contributed by atoms with E-state index in [4.69, 9.17) is 11.6 Å². The first kappa shape index (κ1) is 14.8. The predicted octanol–water partition coefficient (Wildman–Crippen LogP) is 5.48. The van der Waals surface area contributed by atoms with Gasteiger partial charge in [-0.15, -0.1) is 11.6 Å². The molecule has 0 saturated carbocycles. The maximum Gasteiger partial charge on any atom is 0.0223 e. The summed E-state index contributed by atoms with van der Waals surface area (Å²) in [6, 6.07) is 0. The third-order valence-corrected chi connectivity index (χ3v) is 2.63. The van der Waals surface area contributed by atoms with Gasteiger partial charge in [-0.1, -0.05) is 56.9 Å². The van der Waals surface area contributed by atoms with Crippen molar-refractivity contribution in [2.45, 2.75) is 58.3 Å². The van der Waals surface area contributed by atoms with Gasteiger partial charge in [-0.2, -0.15) is 0 Å². The van der Waals surface area contributed by atoms with E-state index >= 15 is 0 Å². The molecule has 0 aromatic heterocycles. The molecule has 0 heterocycles. The Kier molecular flexibility index (Phi) is 13.6. The Labute approximate surface area is 100 Å². The molecule has 15 heavy (non-hydrogen) atoms. The van der Waals surface area contributed by atoms with Gasteiger partial charge in [-0.05, 0) is 25.7 Å². The van der Waals surface area contributed by atoms with E-state index in [1.807, 2.05) is 0 Å². The van der Waals surface area contributed by atoms with E-state index in [-0.39, 0.29) is 0 Å². The zero-order valence-corrected chi connectivity index (χ0v) is 10.8. The molecule has 0 spiro atoms. The second-order valence-electron chi connectivity index (χ2n) is 3.89. The largest absolute Gasteiger partial charge is 0.127 e. The summed E-state index contributed by atoms with van der Waals surface area (Å²) in [5.41, 5.74) is 0. The van der Waals surface area contributed by atoms with E-state index in [9.17, 15) is 0 Å². The van der Waals surface area contributed by atoms with Crippen molar-refractivity contribution in [2.24, 2.45) is 0 Å².